The minimum absolute atomic E-state index is 0.181. The van der Waals surface area contributed by atoms with Gasteiger partial charge < -0.3 is 5.73 Å². The Morgan fingerprint density at radius 3 is 2.63 bits per heavy atom. The Labute approximate surface area is 121 Å². The van der Waals surface area contributed by atoms with Gasteiger partial charge in [0.1, 0.15) is 0 Å². The van der Waals surface area contributed by atoms with Gasteiger partial charge in [-0.25, -0.2) is 0 Å². The highest BCUT2D eigenvalue weighted by atomic mass is 35.5. The molecule has 0 aromatic heterocycles. The zero-order valence-electron chi connectivity index (χ0n) is 11.9. The average Bonchev–Trinajstić information content (AvgIpc) is 2.39. The molecular formula is C16H24ClNO. The molecule has 106 valence electrons. The first-order valence-electron chi connectivity index (χ1n) is 7.07. The van der Waals surface area contributed by atoms with E-state index in [1.165, 1.54) is 0 Å². The molecule has 1 rings (SSSR count). The lowest BCUT2D eigenvalue weighted by molar-refractivity contribution is 0.0972. The summed E-state index contributed by atoms with van der Waals surface area (Å²) in [4.78, 5) is 12.1. The average molecular weight is 282 g/mol. The van der Waals surface area contributed by atoms with Crippen LogP contribution in [0.4, 0.5) is 0 Å². The predicted octanol–water partition coefficient (Wildman–Crippen LogP) is 4.38. The van der Waals surface area contributed by atoms with Gasteiger partial charge in [-0.05, 0) is 43.9 Å². The molecule has 3 heteroatoms. The lowest BCUT2D eigenvalue weighted by Crippen LogP contribution is -2.11. The molecule has 0 amide bonds. The number of carbonyl (C=O) groups is 1. The highest BCUT2D eigenvalue weighted by Gasteiger charge is 2.12. The summed E-state index contributed by atoms with van der Waals surface area (Å²) in [5.74, 6) is 0.750. The lowest BCUT2D eigenvalue weighted by Gasteiger charge is -2.14. The molecule has 1 aromatic rings. The molecule has 0 aliphatic carbocycles. The second kappa shape index (κ2) is 8.34. The molecule has 0 radical (unpaired) electrons. The molecule has 1 unspecified atom stereocenters. The lowest BCUT2D eigenvalue weighted by atomic mass is 9.92. The fraction of sp³-hybridized carbons (Fsp3) is 0.562. The maximum Gasteiger partial charge on any atom is 0.162 e. The number of carbonyl (C=O) groups excluding carboxylic acids is 1. The zero-order valence-corrected chi connectivity index (χ0v) is 12.7. The third-order valence-corrected chi connectivity index (χ3v) is 3.95. The Hall–Kier alpha value is -0.860. The highest BCUT2D eigenvalue weighted by Crippen LogP contribution is 2.21. The van der Waals surface area contributed by atoms with Crippen molar-refractivity contribution in [2.45, 2.75) is 46.0 Å². The molecule has 0 aliphatic rings. The standard InChI is InChI=1S/C16H24ClNO/c1-3-4-13(9-10-18)6-8-16(19)14-7-5-12(2)15(17)11-14/h5,7,11,13H,3-4,6,8-10,18H2,1-2H3. The van der Waals surface area contributed by atoms with E-state index in [0.717, 1.165) is 36.8 Å². The molecule has 0 saturated carbocycles. The molecular weight excluding hydrogens is 258 g/mol. The van der Waals surface area contributed by atoms with E-state index < -0.39 is 0 Å². The van der Waals surface area contributed by atoms with E-state index in [0.29, 0.717) is 23.9 Å². The number of rotatable bonds is 8. The van der Waals surface area contributed by atoms with E-state index >= 15 is 0 Å². The van der Waals surface area contributed by atoms with Crippen LogP contribution in [0.3, 0.4) is 0 Å². The number of ketones is 1. The van der Waals surface area contributed by atoms with Gasteiger partial charge in [-0.2, -0.15) is 0 Å². The van der Waals surface area contributed by atoms with Crippen molar-refractivity contribution < 1.29 is 4.79 Å². The van der Waals surface area contributed by atoms with Crippen molar-refractivity contribution in [3.63, 3.8) is 0 Å². The second-order valence-corrected chi connectivity index (χ2v) is 5.57. The van der Waals surface area contributed by atoms with E-state index in [9.17, 15) is 4.79 Å². The molecule has 0 heterocycles. The molecule has 0 saturated heterocycles. The molecule has 0 spiro atoms. The smallest absolute Gasteiger partial charge is 0.162 e. The van der Waals surface area contributed by atoms with Crippen molar-refractivity contribution in [2.75, 3.05) is 6.54 Å². The third-order valence-electron chi connectivity index (χ3n) is 3.55. The van der Waals surface area contributed by atoms with Gasteiger partial charge in [-0.15, -0.1) is 0 Å². The summed E-state index contributed by atoms with van der Waals surface area (Å²) in [5, 5.41) is 0.665. The SMILES string of the molecule is CCCC(CCN)CCC(=O)c1ccc(C)c(Cl)c1. The van der Waals surface area contributed by atoms with Crippen LogP contribution in [0.5, 0.6) is 0 Å². The molecule has 2 nitrogen and oxygen atoms in total. The number of aryl methyl sites for hydroxylation is 1. The first-order chi connectivity index (χ1) is 9.08. The van der Waals surface area contributed by atoms with Gasteiger partial charge in [0, 0.05) is 17.0 Å². The van der Waals surface area contributed by atoms with Crippen LogP contribution in [0.15, 0.2) is 18.2 Å². The fourth-order valence-electron chi connectivity index (χ4n) is 2.32. The van der Waals surface area contributed by atoms with Crippen LogP contribution in [-0.4, -0.2) is 12.3 Å². The number of halogens is 1. The van der Waals surface area contributed by atoms with E-state index in [1.807, 2.05) is 19.1 Å². The number of Topliss-reactive ketones (excluding diaryl/α,β-unsaturated/α-hetero) is 1. The second-order valence-electron chi connectivity index (χ2n) is 5.16. The predicted molar refractivity (Wildman–Crippen MR) is 81.8 cm³/mol. The van der Waals surface area contributed by atoms with Crippen molar-refractivity contribution in [3.05, 3.63) is 34.3 Å². The van der Waals surface area contributed by atoms with Gasteiger partial charge >= 0.3 is 0 Å². The van der Waals surface area contributed by atoms with Crippen LogP contribution in [0.25, 0.3) is 0 Å². The molecule has 1 aromatic carbocycles. The number of nitrogens with two attached hydrogens (primary N) is 1. The van der Waals surface area contributed by atoms with Gasteiger partial charge in [0.2, 0.25) is 0 Å². The number of hydrogen-bond acceptors (Lipinski definition) is 2. The minimum Gasteiger partial charge on any atom is -0.330 e. The van der Waals surface area contributed by atoms with Crippen LogP contribution < -0.4 is 5.73 Å². The van der Waals surface area contributed by atoms with Gasteiger partial charge in [-0.1, -0.05) is 43.5 Å². The Kier molecular flexibility index (Phi) is 7.11. The topological polar surface area (TPSA) is 43.1 Å². The normalized spacial score (nSPS) is 12.4. The summed E-state index contributed by atoms with van der Waals surface area (Å²) in [6.45, 7) is 4.81. The van der Waals surface area contributed by atoms with Crippen molar-refractivity contribution in [1.29, 1.82) is 0 Å². The highest BCUT2D eigenvalue weighted by molar-refractivity contribution is 6.31. The Bertz CT molecular complexity index is 411. The minimum atomic E-state index is 0.181. The van der Waals surface area contributed by atoms with Gasteiger partial charge in [0.05, 0.1) is 0 Å². The van der Waals surface area contributed by atoms with E-state index in [4.69, 9.17) is 17.3 Å². The van der Waals surface area contributed by atoms with Crippen LogP contribution in [0, 0.1) is 12.8 Å². The van der Waals surface area contributed by atoms with Crippen molar-refractivity contribution in [1.82, 2.24) is 0 Å². The van der Waals surface area contributed by atoms with Gasteiger partial charge in [0.15, 0.2) is 5.78 Å². The summed E-state index contributed by atoms with van der Waals surface area (Å²) < 4.78 is 0. The maximum atomic E-state index is 12.1. The summed E-state index contributed by atoms with van der Waals surface area (Å²) in [5.41, 5.74) is 7.34. The van der Waals surface area contributed by atoms with Crippen LogP contribution >= 0.6 is 11.6 Å². The summed E-state index contributed by atoms with van der Waals surface area (Å²) >= 11 is 6.05. The Morgan fingerprint density at radius 2 is 2.05 bits per heavy atom. The summed E-state index contributed by atoms with van der Waals surface area (Å²) in [6.07, 6.45) is 4.82. The molecule has 1 atom stereocenters. The maximum absolute atomic E-state index is 12.1. The summed E-state index contributed by atoms with van der Waals surface area (Å²) in [7, 11) is 0. The monoisotopic (exact) mass is 281 g/mol. The van der Waals surface area contributed by atoms with Crippen LogP contribution in [0.2, 0.25) is 5.02 Å². The first-order valence-corrected chi connectivity index (χ1v) is 7.45. The molecule has 0 aliphatic heterocycles. The third kappa shape index (κ3) is 5.33. The van der Waals surface area contributed by atoms with Crippen molar-refractivity contribution in [3.8, 4) is 0 Å². The largest absolute Gasteiger partial charge is 0.330 e. The van der Waals surface area contributed by atoms with Crippen LogP contribution in [0.1, 0.15) is 54.9 Å². The fourth-order valence-corrected chi connectivity index (χ4v) is 2.50. The Balaban J connectivity index is 2.56. The van der Waals surface area contributed by atoms with Crippen molar-refractivity contribution in [2.24, 2.45) is 11.7 Å². The quantitative estimate of drug-likeness (QED) is 0.719. The molecule has 19 heavy (non-hydrogen) atoms. The van der Waals surface area contributed by atoms with Crippen molar-refractivity contribution >= 4 is 17.4 Å². The Morgan fingerprint density at radius 1 is 1.32 bits per heavy atom. The van der Waals surface area contributed by atoms with E-state index in [-0.39, 0.29) is 5.78 Å². The first kappa shape index (κ1) is 16.2. The number of hydrogen-bond donors (Lipinski definition) is 1. The summed E-state index contributed by atoms with van der Waals surface area (Å²) in [6, 6.07) is 5.54. The molecule has 2 N–H and O–H groups in total. The van der Waals surface area contributed by atoms with Crippen LogP contribution in [-0.2, 0) is 0 Å². The molecule has 0 fully saturated rings. The van der Waals surface area contributed by atoms with Gasteiger partial charge in [0.25, 0.3) is 0 Å². The zero-order chi connectivity index (χ0) is 14.3. The number of benzene rings is 1. The van der Waals surface area contributed by atoms with E-state index in [1.54, 1.807) is 6.07 Å². The van der Waals surface area contributed by atoms with Gasteiger partial charge in [-0.3, -0.25) is 4.79 Å². The van der Waals surface area contributed by atoms with E-state index in [2.05, 4.69) is 6.92 Å². The molecule has 0 bridgehead atoms.